The lowest BCUT2D eigenvalue weighted by molar-refractivity contribution is -0.539. The molecule has 0 saturated carbocycles. The molecule has 2 rings (SSSR count). The van der Waals surface area contributed by atoms with Gasteiger partial charge in [0.15, 0.2) is 17.7 Å². The summed E-state index contributed by atoms with van der Waals surface area (Å²) in [5, 5.41) is 10.9. The Labute approximate surface area is 106 Å². The Kier molecular flexibility index (Phi) is 3.57. The van der Waals surface area contributed by atoms with Gasteiger partial charge in [0.25, 0.3) is 0 Å². The van der Waals surface area contributed by atoms with Crippen LogP contribution in [0.5, 0.6) is 0 Å². The quantitative estimate of drug-likeness (QED) is 0.360. The van der Waals surface area contributed by atoms with E-state index >= 15 is 0 Å². The van der Waals surface area contributed by atoms with Crippen molar-refractivity contribution in [3.05, 3.63) is 57.4 Å². The molecule has 1 heterocycles. The van der Waals surface area contributed by atoms with Crippen LogP contribution in [0.25, 0.3) is 0 Å². The van der Waals surface area contributed by atoms with Crippen LogP contribution in [0.1, 0.15) is 18.1 Å². The smallest absolute Gasteiger partial charge is 0.246 e. The van der Waals surface area contributed by atoms with Gasteiger partial charge in [0.2, 0.25) is 6.04 Å². The molecule has 1 aliphatic heterocycles. The van der Waals surface area contributed by atoms with Crippen molar-refractivity contribution < 1.29 is 22.8 Å². The molecule has 1 fully saturated rings. The van der Waals surface area contributed by atoms with Crippen molar-refractivity contribution in [3.63, 3.8) is 0 Å². The van der Waals surface area contributed by atoms with Gasteiger partial charge >= 0.3 is 0 Å². The maximum absolute atomic E-state index is 13.6. The lowest BCUT2D eigenvalue weighted by Gasteiger charge is -2.27. The van der Waals surface area contributed by atoms with Crippen LogP contribution in [-0.4, -0.2) is 17.6 Å². The number of hydrogen-bond acceptors (Lipinski definition) is 3. The third-order valence-electron chi connectivity index (χ3n) is 2.93. The minimum absolute atomic E-state index is 0.0100. The SMILES string of the molecule is C=C1CO[C@@H](c2cc(F)c(F)cc2F)[C@H]([N+](=O)[O-])C1. The van der Waals surface area contributed by atoms with Crippen molar-refractivity contribution in [1.82, 2.24) is 0 Å². The van der Waals surface area contributed by atoms with E-state index in [-0.39, 0.29) is 18.6 Å². The van der Waals surface area contributed by atoms with Crippen LogP contribution in [-0.2, 0) is 4.74 Å². The van der Waals surface area contributed by atoms with Crippen molar-refractivity contribution in [2.75, 3.05) is 6.61 Å². The highest BCUT2D eigenvalue weighted by Gasteiger charge is 2.39. The molecule has 1 aromatic rings. The fraction of sp³-hybridized carbons (Fsp3) is 0.333. The molecule has 0 spiro atoms. The number of hydrogen-bond donors (Lipinski definition) is 0. The number of halogens is 3. The summed E-state index contributed by atoms with van der Waals surface area (Å²) in [5.41, 5.74) is 0.147. The molecular formula is C12H10F3NO3. The van der Waals surface area contributed by atoms with Gasteiger partial charge in [0.1, 0.15) is 5.82 Å². The van der Waals surface area contributed by atoms with Gasteiger partial charge in [-0.15, -0.1) is 0 Å². The molecule has 0 radical (unpaired) electrons. The third kappa shape index (κ3) is 2.60. The summed E-state index contributed by atoms with van der Waals surface area (Å²) in [6, 6.07) is -0.311. The van der Waals surface area contributed by atoms with Crippen LogP contribution < -0.4 is 0 Å². The standard InChI is InChI=1S/C12H10F3NO3/c1-6-2-11(16(17)18)12(19-5-6)7-3-9(14)10(15)4-8(7)13/h3-4,11-12H,1-2,5H2/t11-,12+/m1/s1. The van der Waals surface area contributed by atoms with Crippen LogP contribution >= 0.6 is 0 Å². The Morgan fingerprint density at radius 1 is 1.26 bits per heavy atom. The second-order valence-electron chi connectivity index (χ2n) is 4.33. The van der Waals surface area contributed by atoms with Gasteiger partial charge in [0.05, 0.1) is 6.61 Å². The van der Waals surface area contributed by atoms with E-state index in [1.54, 1.807) is 0 Å². The largest absolute Gasteiger partial charge is 0.362 e. The number of benzene rings is 1. The van der Waals surface area contributed by atoms with E-state index in [1.165, 1.54) is 0 Å². The predicted molar refractivity (Wildman–Crippen MR) is 59.5 cm³/mol. The van der Waals surface area contributed by atoms with Gasteiger partial charge < -0.3 is 4.74 Å². The summed E-state index contributed by atoms with van der Waals surface area (Å²) in [5.74, 6) is -3.69. The van der Waals surface area contributed by atoms with Gasteiger partial charge in [-0.25, -0.2) is 13.2 Å². The molecule has 102 valence electrons. The average molecular weight is 273 g/mol. The maximum atomic E-state index is 13.6. The molecule has 0 aromatic heterocycles. The van der Waals surface area contributed by atoms with Crippen molar-refractivity contribution in [2.24, 2.45) is 0 Å². The highest BCUT2D eigenvalue weighted by molar-refractivity contribution is 5.25. The number of nitrogens with zero attached hydrogens (tertiary/aromatic N) is 1. The summed E-state index contributed by atoms with van der Waals surface area (Å²) in [4.78, 5) is 10.3. The molecular weight excluding hydrogens is 263 g/mol. The molecule has 1 aromatic carbocycles. The molecule has 0 amide bonds. The lowest BCUT2D eigenvalue weighted by atomic mass is 9.94. The molecule has 2 atom stereocenters. The van der Waals surface area contributed by atoms with Crippen LogP contribution in [0.4, 0.5) is 13.2 Å². The van der Waals surface area contributed by atoms with Gasteiger partial charge in [-0.1, -0.05) is 6.58 Å². The Hall–Kier alpha value is -1.89. The predicted octanol–water partition coefficient (Wildman–Crippen LogP) is 2.77. The van der Waals surface area contributed by atoms with Crippen LogP contribution in [0.15, 0.2) is 24.3 Å². The first-order valence-corrected chi connectivity index (χ1v) is 5.46. The van der Waals surface area contributed by atoms with Gasteiger partial charge in [-0.2, -0.15) is 0 Å². The first-order valence-electron chi connectivity index (χ1n) is 5.46. The summed E-state index contributed by atoms with van der Waals surface area (Å²) >= 11 is 0. The Morgan fingerprint density at radius 2 is 1.89 bits per heavy atom. The molecule has 1 aliphatic rings. The van der Waals surface area contributed by atoms with E-state index in [9.17, 15) is 23.3 Å². The minimum Gasteiger partial charge on any atom is -0.362 e. The summed E-state index contributed by atoms with van der Waals surface area (Å²) in [6.07, 6.45) is -1.24. The summed E-state index contributed by atoms with van der Waals surface area (Å²) < 4.78 is 44.7. The zero-order valence-corrected chi connectivity index (χ0v) is 9.74. The fourth-order valence-electron chi connectivity index (χ4n) is 2.02. The van der Waals surface area contributed by atoms with Crippen molar-refractivity contribution in [1.29, 1.82) is 0 Å². The van der Waals surface area contributed by atoms with E-state index < -0.39 is 34.5 Å². The fourth-order valence-corrected chi connectivity index (χ4v) is 2.02. The second-order valence-corrected chi connectivity index (χ2v) is 4.33. The van der Waals surface area contributed by atoms with Gasteiger partial charge in [-0.05, 0) is 11.6 Å². The van der Waals surface area contributed by atoms with Crippen molar-refractivity contribution in [3.8, 4) is 0 Å². The number of rotatable bonds is 2. The summed E-state index contributed by atoms with van der Waals surface area (Å²) in [6.45, 7) is 3.59. The van der Waals surface area contributed by atoms with Gasteiger partial charge in [0, 0.05) is 23.0 Å². The molecule has 1 saturated heterocycles. The van der Waals surface area contributed by atoms with E-state index in [2.05, 4.69) is 6.58 Å². The molecule has 7 heteroatoms. The Bertz CT molecular complexity index is 547. The zero-order valence-electron chi connectivity index (χ0n) is 9.74. The van der Waals surface area contributed by atoms with Crippen molar-refractivity contribution in [2.45, 2.75) is 18.6 Å². The van der Waals surface area contributed by atoms with E-state index in [0.717, 1.165) is 0 Å². The molecule has 0 bridgehead atoms. The highest BCUT2D eigenvalue weighted by Crippen LogP contribution is 2.34. The Balaban J connectivity index is 2.41. The number of ether oxygens (including phenoxy) is 1. The first-order chi connectivity index (χ1) is 8.90. The molecule has 0 unspecified atom stereocenters. The average Bonchev–Trinajstić information content (AvgIpc) is 2.34. The molecule has 4 nitrogen and oxygen atoms in total. The third-order valence-corrected chi connectivity index (χ3v) is 2.93. The van der Waals surface area contributed by atoms with E-state index in [4.69, 9.17) is 4.74 Å². The van der Waals surface area contributed by atoms with E-state index in [0.29, 0.717) is 17.7 Å². The summed E-state index contributed by atoms with van der Waals surface area (Å²) in [7, 11) is 0. The van der Waals surface area contributed by atoms with Crippen molar-refractivity contribution >= 4 is 0 Å². The van der Waals surface area contributed by atoms with Crippen LogP contribution in [0, 0.1) is 27.6 Å². The monoisotopic (exact) mass is 273 g/mol. The zero-order chi connectivity index (χ0) is 14.2. The highest BCUT2D eigenvalue weighted by atomic mass is 19.2. The van der Waals surface area contributed by atoms with E-state index in [1.807, 2.05) is 0 Å². The second kappa shape index (κ2) is 5.00. The topological polar surface area (TPSA) is 52.4 Å². The molecule has 0 aliphatic carbocycles. The van der Waals surface area contributed by atoms with Crippen LogP contribution in [0.2, 0.25) is 0 Å². The normalized spacial score (nSPS) is 23.4. The minimum atomic E-state index is -1.35. The maximum Gasteiger partial charge on any atom is 0.246 e. The first kappa shape index (κ1) is 13.5. The molecule has 0 N–H and O–H groups in total. The van der Waals surface area contributed by atoms with Gasteiger partial charge in [-0.3, -0.25) is 10.1 Å². The lowest BCUT2D eigenvalue weighted by Crippen LogP contribution is -2.35. The molecule has 19 heavy (non-hydrogen) atoms. The number of nitro groups is 1. The van der Waals surface area contributed by atoms with Crippen LogP contribution in [0.3, 0.4) is 0 Å². The Morgan fingerprint density at radius 3 is 2.53 bits per heavy atom.